The molecule has 2 aromatic carbocycles. The Balaban J connectivity index is 2.43. The Morgan fingerprint density at radius 1 is 1.24 bits per heavy atom. The predicted octanol–water partition coefficient (Wildman–Crippen LogP) is 3.97. The Hall–Kier alpha value is -2.60. The van der Waals surface area contributed by atoms with Gasteiger partial charge in [0.05, 0.1) is 16.2 Å². The average molecular weight is 306 g/mol. The SMILES string of the molecule is CO/N=C/c1c(Cl)cccc1Nc1ccccc1[N+](=O)[O-]. The van der Waals surface area contributed by atoms with Gasteiger partial charge in [0.15, 0.2) is 0 Å². The second kappa shape index (κ2) is 6.71. The van der Waals surface area contributed by atoms with Gasteiger partial charge in [0, 0.05) is 17.3 Å². The van der Waals surface area contributed by atoms with Crippen molar-refractivity contribution >= 4 is 34.9 Å². The van der Waals surface area contributed by atoms with E-state index in [1.165, 1.54) is 19.4 Å². The van der Waals surface area contributed by atoms with Crippen molar-refractivity contribution in [3.63, 3.8) is 0 Å². The van der Waals surface area contributed by atoms with Crippen molar-refractivity contribution in [3.05, 3.63) is 63.2 Å². The molecule has 0 atom stereocenters. The smallest absolute Gasteiger partial charge is 0.292 e. The first-order valence-electron chi connectivity index (χ1n) is 5.99. The topological polar surface area (TPSA) is 76.8 Å². The van der Waals surface area contributed by atoms with Gasteiger partial charge in [0.2, 0.25) is 0 Å². The number of nitrogens with zero attached hydrogens (tertiary/aromatic N) is 2. The molecule has 0 unspecified atom stereocenters. The number of para-hydroxylation sites is 2. The van der Waals surface area contributed by atoms with Crippen molar-refractivity contribution in [1.29, 1.82) is 0 Å². The first-order chi connectivity index (χ1) is 10.1. The lowest BCUT2D eigenvalue weighted by atomic mass is 10.1. The van der Waals surface area contributed by atoms with Crippen LogP contribution in [0.3, 0.4) is 0 Å². The molecule has 0 fully saturated rings. The van der Waals surface area contributed by atoms with E-state index in [1.54, 1.807) is 36.4 Å². The van der Waals surface area contributed by atoms with Crippen LogP contribution >= 0.6 is 11.6 Å². The lowest BCUT2D eigenvalue weighted by Crippen LogP contribution is -2.00. The Morgan fingerprint density at radius 3 is 2.67 bits per heavy atom. The number of hydrogen-bond donors (Lipinski definition) is 1. The molecule has 1 N–H and O–H groups in total. The van der Waals surface area contributed by atoms with Gasteiger partial charge < -0.3 is 10.2 Å². The molecular weight excluding hydrogens is 294 g/mol. The summed E-state index contributed by atoms with van der Waals surface area (Å²) in [4.78, 5) is 15.2. The van der Waals surface area contributed by atoms with Crippen LogP contribution < -0.4 is 5.32 Å². The van der Waals surface area contributed by atoms with Gasteiger partial charge in [-0.2, -0.15) is 0 Å². The predicted molar refractivity (Wildman–Crippen MR) is 82.4 cm³/mol. The van der Waals surface area contributed by atoms with E-state index in [4.69, 9.17) is 11.6 Å². The number of rotatable bonds is 5. The van der Waals surface area contributed by atoms with Crippen molar-refractivity contribution in [1.82, 2.24) is 0 Å². The summed E-state index contributed by atoms with van der Waals surface area (Å²) in [6, 6.07) is 11.6. The Labute approximate surface area is 126 Å². The lowest BCUT2D eigenvalue weighted by Gasteiger charge is -2.10. The summed E-state index contributed by atoms with van der Waals surface area (Å²) in [5, 5.41) is 18.2. The summed E-state index contributed by atoms with van der Waals surface area (Å²) >= 11 is 6.11. The third-order valence-corrected chi connectivity index (χ3v) is 3.04. The molecule has 0 aliphatic carbocycles. The van der Waals surface area contributed by atoms with Gasteiger partial charge >= 0.3 is 0 Å². The minimum atomic E-state index is -0.449. The van der Waals surface area contributed by atoms with Crippen LogP contribution in [0.5, 0.6) is 0 Å². The summed E-state index contributed by atoms with van der Waals surface area (Å²) < 4.78 is 0. The first-order valence-corrected chi connectivity index (χ1v) is 6.36. The third-order valence-electron chi connectivity index (χ3n) is 2.71. The molecule has 0 radical (unpaired) electrons. The molecule has 0 bridgehead atoms. The van der Waals surface area contributed by atoms with Crippen LogP contribution in [-0.4, -0.2) is 18.2 Å². The van der Waals surface area contributed by atoms with E-state index in [9.17, 15) is 10.1 Å². The summed E-state index contributed by atoms with van der Waals surface area (Å²) in [6.07, 6.45) is 1.44. The number of nitro benzene ring substituents is 1. The van der Waals surface area contributed by atoms with Gasteiger partial charge in [0.1, 0.15) is 12.8 Å². The minimum Gasteiger partial charge on any atom is -0.399 e. The van der Waals surface area contributed by atoms with E-state index < -0.39 is 4.92 Å². The fraction of sp³-hybridized carbons (Fsp3) is 0.0714. The molecule has 6 nitrogen and oxygen atoms in total. The largest absolute Gasteiger partial charge is 0.399 e. The molecule has 21 heavy (non-hydrogen) atoms. The van der Waals surface area contributed by atoms with Gasteiger partial charge in [-0.05, 0) is 18.2 Å². The highest BCUT2D eigenvalue weighted by molar-refractivity contribution is 6.33. The first kappa shape index (κ1) is 14.8. The molecule has 0 saturated heterocycles. The molecule has 0 aromatic heterocycles. The Bertz CT molecular complexity index is 689. The average Bonchev–Trinajstić information content (AvgIpc) is 2.47. The molecular formula is C14H12ClN3O3. The van der Waals surface area contributed by atoms with Crippen molar-refractivity contribution in [2.45, 2.75) is 0 Å². The molecule has 0 aliphatic heterocycles. The highest BCUT2D eigenvalue weighted by atomic mass is 35.5. The molecule has 0 heterocycles. The maximum Gasteiger partial charge on any atom is 0.292 e. The summed E-state index contributed by atoms with van der Waals surface area (Å²) in [6.45, 7) is 0. The van der Waals surface area contributed by atoms with Crippen LogP contribution in [0.4, 0.5) is 17.1 Å². The second-order valence-electron chi connectivity index (χ2n) is 4.02. The highest BCUT2D eigenvalue weighted by Crippen LogP contribution is 2.30. The standard InChI is InChI=1S/C14H12ClN3O3/c1-21-16-9-10-11(15)5-4-7-12(10)17-13-6-2-3-8-14(13)18(19)20/h2-9,17H,1H3/b16-9+. The summed E-state index contributed by atoms with van der Waals surface area (Å²) in [5.74, 6) is 0. The van der Waals surface area contributed by atoms with Crippen molar-refractivity contribution in [3.8, 4) is 0 Å². The third kappa shape index (κ3) is 3.49. The zero-order chi connectivity index (χ0) is 15.2. The Kier molecular flexibility index (Phi) is 4.73. The fourth-order valence-corrected chi connectivity index (χ4v) is 1.99. The zero-order valence-electron chi connectivity index (χ0n) is 11.1. The van der Waals surface area contributed by atoms with E-state index in [2.05, 4.69) is 15.3 Å². The Morgan fingerprint density at radius 2 is 1.95 bits per heavy atom. The number of oxime groups is 1. The van der Waals surface area contributed by atoms with Crippen LogP contribution in [0, 0.1) is 10.1 Å². The molecule has 2 aromatic rings. The molecule has 7 heteroatoms. The zero-order valence-corrected chi connectivity index (χ0v) is 11.9. The van der Waals surface area contributed by atoms with Gasteiger partial charge in [-0.3, -0.25) is 10.1 Å². The maximum atomic E-state index is 11.0. The van der Waals surface area contributed by atoms with E-state index >= 15 is 0 Å². The molecule has 2 rings (SSSR count). The van der Waals surface area contributed by atoms with Gasteiger partial charge in [0.25, 0.3) is 5.69 Å². The highest BCUT2D eigenvalue weighted by Gasteiger charge is 2.14. The van der Waals surface area contributed by atoms with E-state index in [-0.39, 0.29) is 5.69 Å². The quantitative estimate of drug-likeness (QED) is 0.515. The van der Waals surface area contributed by atoms with Crippen molar-refractivity contribution < 1.29 is 9.76 Å². The van der Waals surface area contributed by atoms with Crippen LogP contribution in [0.25, 0.3) is 0 Å². The number of nitrogens with one attached hydrogen (secondary N) is 1. The maximum absolute atomic E-state index is 11.0. The van der Waals surface area contributed by atoms with Gasteiger partial charge in [-0.25, -0.2) is 0 Å². The van der Waals surface area contributed by atoms with Crippen molar-refractivity contribution in [2.75, 3.05) is 12.4 Å². The van der Waals surface area contributed by atoms with Crippen LogP contribution in [-0.2, 0) is 4.84 Å². The second-order valence-corrected chi connectivity index (χ2v) is 4.42. The molecule has 108 valence electrons. The van der Waals surface area contributed by atoms with E-state index in [1.807, 2.05) is 0 Å². The van der Waals surface area contributed by atoms with E-state index in [0.29, 0.717) is 22.0 Å². The summed E-state index contributed by atoms with van der Waals surface area (Å²) in [5.41, 5.74) is 1.53. The number of hydrogen-bond acceptors (Lipinski definition) is 5. The van der Waals surface area contributed by atoms with Crippen molar-refractivity contribution in [2.24, 2.45) is 5.16 Å². The number of benzene rings is 2. The van der Waals surface area contributed by atoms with Crippen LogP contribution in [0.1, 0.15) is 5.56 Å². The van der Waals surface area contributed by atoms with Crippen LogP contribution in [0.2, 0.25) is 5.02 Å². The lowest BCUT2D eigenvalue weighted by molar-refractivity contribution is -0.383. The fourth-order valence-electron chi connectivity index (χ4n) is 1.77. The summed E-state index contributed by atoms with van der Waals surface area (Å²) in [7, 11) is 1.42. The van der Waals surface area contributed by atoms with Crippen LogP contribution in [0.15, 0.2) is 47.6 Å². The minimum absolute atomic E-state index is 0.0212. The number of halogens is 1. The number of anilines is 2. The van der Waals surface area contributed by atoms with Gasteiger partial charge in [-0.15, -0.1) is 0 Å². The molecule has 0 amide bonds. The normalized spacial score (nSPS) is 10.6. The number of nitro groups is 1. The molecule has 0 spiro atoms. The monoisotopic (exact) mass is 305 g/mol. The van der Waals surface area contributed by atoms with Gasteiger partial charge in [-0.1, -0.05) is 35.0 Å². The molecule has 0 aliphatic rings. The molecule has 0 saturated carbocycles. The van der Waals surface area contributed by atoms with E-state index in [0.717, 1.165) is 0 Å².